The number of carbonyl (C=O) groups excluding carboxylic acids is 1. The number of thiophene rings is 1. The molecule has 0 spiro atoms. The van der Waals surface area contributed by atoms with Crippen LogP contribution in [-0.4, -0.2) is 36.5 Å². The van der Waals surface area contributed by atoms with Gasteiger partial charge in [0.05, 0.1) is 6.54 Å². The summed E-state index contributed by atoms with van der Waals surface area (Å²) < 4.78 is 0. The van der Waals surface area contributed by atoms with Crippen LogP contribution in [0, 0.1) is 11.8 Å². The van der Waals surface area contributed by atoms with Crippen LogP contribution in [0.15, 0.2) is 41.8 Å². The Hall–Kier alpha value is -2.13. The summed E-state index contributed by atoms with van der Waals surface area (Å²) >= 11 is 1.43. The van der Waals surface area contributed by atoms with Crippen LogP contribution in [0.5, 0.6) is 0 Å². The van der Waals surface area contributed by atoms with Gasteiger partial charge in [0, 0.05) is 24.7 Å². The van der Waals surface area contributed by atoms with Crippen molar-refractivity contribution in [2.75, 3.05) is 19.6 Å². The fourth-order valence-electron chi connectivity index (χ4n) is 3.14. The summed E-state index contributed by atoms with van der Waals surface area (Å²) in [4.78, 5) is 15.7. The number of carbonyl (C=O) groups is 1. The molecule has 1 unspecified atom stereocenters. The monoisotopic (exact) mass is 353 g/mol. The van der Waals surface area contributed by atoms with Gasteiger partial charge in [0.15, 0.2) is 0 Å². The van der Waals surface area contributed by atoms with Crippen molar-refractivity contribution in [3.05, 3.63) is 57.8 Å². The van der Waals surface area contributed by atoms with Crippen LogP contribution in [0.2, 0.25) is 0 Å². The Morgan fingerprint density at radius 3 is 2.96 bits per heavy atom. The van der Waals surface area contributed by atoms with E-state index in [1.807, 2.05) is 17.5 Å². The number of hydrogen-bond acceptors (Lipinski definition) is 4. The third-order valence-electron chi connectivity index (χ3n) is 4.29. The van der Waals surface area contributed by atoms with Crippen LogP contribution < -0.4 is 11.1 Å². The fraction of sp³-hybridized carbons (Fsp3) is 0.350. The highest BCUT2D eigenvalue weighted by molar-refractivity contribution is 7.12. The van der Waals surface area contributed by atoms with Crippen LogP contribution in [-0.2, 0) is 6.54 Å². The summed E-state index contributed by atoms with van der Waals surface area (Å²) in [5.74, 6) is 5.77. The molecule has 0 radical (unpaired) electrons. The minimum absolute atomic E-state index is 0.0251. The number of amides is 1. The number of benzene rings is 1. The Kier molecular flexibility index (Phi) is 6.24. The molecule has 4 nitrogen and oxygen atoms in total. The summed E-state index contributed by atoms with van der Waals surface area (Å²) in [7, 11) is 0. The van der Waals surface area contributed by atoms with E-state index in [9.17, 15) is 4.79 Å². The van der Waals surface area contributed by atoms with Crippen molar-refractivity contribution in [1.82, 2.24) is 10.2 Å². The summed E-state index contributed by atoms with van der Waals surface area (Å²) in [5.41, 5.74) is 7.50. The van der Waals surface area contributed by atoms with E-state index in [1.54, 1.807) is 0 Å². The van der Waals surface area contributed by atoms with Crippen molar-refractivity contribution in [1.29, 1.82) is 0 Å². The van der Waals surface area contributed by atoms with E-state index in [1.165, 1.54) is 16.9 Å². The highest BCUT2D eigenvalue weighted by atomic mass is 32.1. The van der Waals surface area contributed by atoms with Gasteiger partial charge >= 0.3 is 0 Å². The Morgan fingerprint density at radius 1 is 1.32 bits per heavy atom. The van der Waals surface area contributed by atoms with E-state index < -0.39 is 0 Å². The molecule has 1 atom stereocenters. The van der Waals surface area contributed by atoms with Gasteiger partial charge in [-0.3, -0.25) is 9.69 Å². The molecule has 1 aromatic carbocycles. The third-order valence-corrected chi connectivity index (χ3v) is 5.20. The quantitative estimate of drug-likeness (QED) is 0.830. The summed E-state index contributed by atoms with van der Waals surface area (Å²) in [6.45, 7) is 3.19. The molecule has 1 aromatic heterocycles. The molecule has 1 saturated heterocycles. The summed E-state index contributed by atoms with van der Waals surface area (Å²) in [5, 5.41) is 5.09. The van der Waals surface area contributed by atoms with Crippen molar-refractivity contribution in [3.8, 4) is 11.8 Å². The average Bonchev–Trinajstić information content (AvgIpc) is 3.10. The van der Waals surface area contributed by atoms with E-state index in [2.05, 4.69) is 46.3 Å². The third kappa shape index (κ3) is 4.93. The van der Waals surface area contributed by atoms with E-state index in [4.69, 9.17) is 5.73 Å². The van der Waals surface area contributed by atoms with Gasteiger partial charge in [0.2, 0.25) is 0 Å². The molecule has 2 heterocycles. The number of piperidine rings is 1. The predicted molar refractivity (Wildman–Crippen MR) is 102 cm³/mol. The van der Waals surface area contributed by atoms with Crippen molar-refractivity contribution in [2.45, 2.75) is 25.4 Å². The second kappa shape index (κ2) is 8.82. The Bertz CT molecular complexity index is 760. The second-order valence-corrected chi connectivity index (χ2v) is 7.12. The number of nitrogens with two attached hydrogens (primary N) is 1. The van der Waals surface area contributed by atoms with Gasteiger partial charge in [0.25, 0.3) is 5.91 Å². The van der Waals surface area contributed by atoms with Gasteiger partial charge in [-0.05, 0) is 36.4 Å². The van der Waals surface area contributed by atoms with Gasteiger partial charge in [-0.1, -0.05) is 42.2 Å². The first kappa shape index (κ1) is 17.7. The normalized spacial score (nSPS) is 17.6. The van der Waals surface area contributed by atoms with Crippen LogP contribution in [0.25, 0.3) is 0 Å². The van der Waals surface area contributed by atoms with Gasteiger partial charge < -0.3 is 11.1 Å². The van der Waals surface area contributed by atoms with E-state index in [0.717, 1.165) is 38.0 Å². The van der Waals surface area contributed by atoms with Crippen LogP contribution in [0.1, 0.15) is 33.6 Å². The Balaban J connectivity index is 1.59. The SMILES string of the molecule is NCC#Cc1ccsc1C(=O)NC1CCCN(Cc2ccccc2)C1. The van der Waals surface area contributed by atoms with Crippen molar-refractivity contribution >= 4 is 17.2 Å². The van der Waals surface area contributed by atoms with Crippen molar-refractivity contribution in [2.24, 2.45) is 5.73 Å². The molecule has 130 valence electrons. The molecule has 25 heavy (non-hydrogen) atoms. The van der Waals surface area contributed by atoms with E-state index >= 15 is 0 Å². The lowest BCUT2D eigenvalue weighted by Gasteiger charge is -2.33. The average molecular weight is 353 g/mol. The maximum atomic E-state index is 12.6. The molecule has 1 amide bonds. The lowest BCUT2D eigenvalue weighted by atomic mass is 10.0. The fourth-order valence-corrected chi connectivity index (χ4v) is 3.89. The minimum atomic E-state index is -0.0251. The van der Waals surface area contributed by atoms with Crippen LogP contribution in [0.4, 0.5) is 0 Å². The largest absolute Gasteiger partial charge is 0.347 e. The number of rotatable bonds is 4. The first-order valence-electron chi connectivity index (χ1n) is 8.60. The zero-order valence-corrected chi connectivity index (χ0v) is 15.0. The summed E-state index contributed by atoms with van der Waals surface area (Å²) in [6.07, 6.45) is 2.12. The maximum absolute atomic E-state index is 12.6. The van der Waals surface area contributed by atoms with Crippen molar-refractivity contribution < 1.29 is 4.79 Å². The molecule has 0 aliphatic carbocycles. The highest BCUT2D eigenvalue weighted by Crippen LogP contribution is 2.18. The van der Waals surface area contributed by atoms with Gasteiger partial charge in [-0.25, -0.2) is 0 Å². The second-order valence-electron chi connectivity index (χ2n) is 6.20. The highest BCUT2D eigenvalue weighted by Gasteiger charge is 2.23. The first-order valence-corrected chi connectivity index (χ1v) is 9.48. The molecule has 0 saturated carbocycles. The number of nitrogens with one attached hydrogen (secondary N) is 1. The number of likely N-dealkylation sites (tertiary alicyclic amines) is 1. The number of hydrogen-bond donors (Lipinski definition) is 2. The topological polar surface area (TPSA) is 58.4 Å². The minimum Gasteiger partial charge on any atom is -0.347 e. The van der Waals surface area contributed by atoms with Gasteiger partial charge in [-0.15, -0.1) is 11.3 Å². The van der Waals surface area contributed by atoms with Crippen LogP contribution >= 0.6 is 11.3 Å². The van der Waals surface area contributed by atoms with E-state index in [-0.39, 0.29) is 11.9 Å². The molecule has 0 bridgehead atoms. The molecule has 1 aliphatic rings. The molecule has 5 heteroatoms. The zero-order valence-electron chi connectivity index (χ0n) is 14.2. The Labute approximate surface area is 153 Å². The molecule has 3 N–H and O–H groups in total. The first-order chi connectivity index (χ1) is 12.3. The molecule has 1 aliphatic heterocycles. The molecule has 2 aromatic rings. The molecular weight excluding hydrogens is 330 g/mol. The standard InChI is InChI=1S/C20H23N3OS/c21-11-4-8-17-10-13-25-19(17)20(24)22-18-9-5-12-23(15-18)14-16-6-2-1-3-7-16/h1-3,6-7,10,13,18H,5,9,11-12,14-15,21H2,(H,22,24). The van der Waals surface area contributed by atoms with Crippen molar-refractivity contribution in [3.63, 3.8) is 0 Å². The zero-order chi connectivity index (χ0) is 17.5. The number of nitrogens with zero attached hydrogens (tertiary/aromatic N) is 1. The Morgan fingerprint density at radius 2 is 2.16 bits per heavy atom. The van der Waals surface area contributed by atoms with Gasteiger partial charge in [-0.2, -0.15) is 0 Å². The summed E-state index contributed by atoms with van der Waals surface area (Å²) in [6, 6.07) is 12.5. The lowest BCUT2D eigenvalue weighted by Crippen LogP contribution is -2.47. The molecule has 1 fully saturated rings. The van der Waals surface area contributed by atoms with Gasteiger partial charge in [0.1, 0.15) is 4.88 Å². The molecule has 3 rings (SSSR count). The molecular formula is C20H23N3OS. The lowest BCUT2D eigenvalue weighted by molar-refractivity contribution is 0.0904. The van der Waals surface area contributed by atoms with Crippen LogP contribution in [0.3, 0.4) is 0 Å². The van der Waals surface area contributed by atoms with E-state index in [0.29, 0.717) is 11.4 Å². The maximum Gasteiger partial charge on any atom is 0.262 e. The smallest absolute Gasteiger partial charge is 0.262 e. The predicted octanol–water partition coefficient (Wildman–Crippen LogP) is 2.45.